The van der Waals surface area contributed by atoms with Gasteiger partial charge in [0, 0.05) is 24.1 Å². The second kappa shape index (κ2) is 7.03. The topological polar surface area (TPSA) is 55.2 Å². The Hall–Kier alpha value is -1.73. The molecule has 0 N–H and O–H groups in total. The summed E-state index contributed by atoms with van der Waals surface area (Å²) < 4.78 is 38.6. The summed E-state index contributed by atoms with van der Waals surface area (Å²) in [6.45, 7) is 4.03. The lowest BCUT2D eigenvalue weighted by Gasteiger charge is -2.31. The van der Waals surface area contributed by atoms with Crippen molar-refractivity contribution < 1.29 is 12.8 Å². The minimum atomic E-state index is -2.93. The maximum atomic E-state index is 13.0. The van der Waals surface area contributed by atoms with E-state index in [0.717, 1.165) is 30.9 Å². The standard InChI is InChI=1S/C17H22FN3O2S/c1-2-24(22,23)17-7-9-20(10-8-17)12-14-11-19-21(13-14)16-5-3-15(18)4-6-16/h3-6,11,13,17H,2,7-10,12H2,1H3. The van der Waals surface area contributed by atoms with E-state index in [1.54, 1.807) is 29.9 Å². The predicted molar refractivity (Wildman–Crippen MR) is 91.3 cm³/mol. The summed E-state index contributed by atoms with van der Waals surface area (Å²) in [5, 5.41) is 4.13. The molecule has 1 saturated heterocycles. The van der Waals surface area contributed by atoms with Crippen LogP contribution in [0.2, 0.25) is 0 Å². The van der Waals surface area contributed by atoms with Gasteiger partial charge in [-0.1, -0.05) is 6.92 Å². The normalized spacial score (nSPS) is 17.2. The molecule has 0 aliphatic carbocycles. The van der Waals surface area contributed by atoms with Crippen LogP contribution in [0.1, 0.15) is 25.3 Å². The molecule has 0 saturated carbocycles. The van der Waals surface area contributed by atoms with E-state index in [1.165, 1.54) is 12.1 Å². The lowest BCUT2D eigenvalue weighted by molar-refractivity contribution is 0.222. The van der Waals surface area contributed by atoms with Gasteiger partial charge in [-0.15, -0.1) is 0 Å². The van der Waals surface area contributed by atoms with E-state index in [0.29, 0.717) is 12.8 Å². The quantitative estimate of drug-likeness (QED) is 0.830. The van der Waals surface area contributed by atoms with E-state index in [-0.39, 0.29) is 16.8 Å². The summed E-state index contributed by atoms with van der Waals surface area (Å²) in [4.78, 5) is 2.26. The van der Waals surface area contributed by atoms with E-state index in [1.807, 2.05) is 6.20 Å². The lowest BCUT2D eigenvalue weighted by atomic mass is 10.1. The summed E-state index contributed by atoms with van der Waals surface area (Å²) in [5.41, 5.74) is 1.88. The minimum absolute atomic E-state index is 0.194. The highest BCUT2D eigenvalue weighted by atomic mass is 32.2. The average molecular weight is 351 g/mol. The number of sulfone groups is 1. The van der Waals surface area contributed by atoms with Crippen LogP contribution < -0.4 is 0 Å². The van der Waals surface area contributed by atoms with Crippen molar-refractivity contribution in [2.24, 2.45) is 0 Å². The maximum absolute atomic E-state index is 13.0. The summed E-state index contributed by atoms with van der Waals surface area (Å²) in [5.74, 6) is -0.0433. The molecule has 0 radical (unpaired) electrons. The Kier molecular flexibility index (Phi) is 5.01. The van der Waals surface area contributed by atoms with Crippen molar-refractivity contribution >= 4 is 9.84 Å². The van der Waals surface area contributed by atoms with Crippen LogP contribution in [0.4, 0.5) is 4.39 Å². The van der Waals surface area contributed by atoms with Gasteiger partial charge in [0.2, 0.25) is 0 Å². The number of nitrogens with zero attached hydrogens (tertiary/aromatic N) is 3. The van der Waals surface area contributed by atoms with Crippen molar-refractivity contribution in [1.29, 1.82) is 0 Å². The van der Waals surface area contributed by atoms with E-state index in [4.69, 9.17) is 0 Å². The van der Waals surface area contributed by atoms with Crippen molar-refractivity contribution in [3.8, 4) is 5.69 Å². The SMILES string of the molecule is CCS(=O)(=O)C1CCN(Cc2cnn(-c3ccc(F)cc3)c2)CC1. The Morgan fingerprint density at radius 2 is 1.88 bits per heavy atom. The Labute approximate surface area is 142 Å². The zero-order valence-electron chi connectivity index (χ0n) is 13.7. The number of hydrogen-bond donors (Lipinski definition) is 0. The zero-order chi connectivity index (χ0) is 17.2. The van der Waals surface area contributed by atoms with Gasteiger partial charge in [0.1, 0.15) is 5.82 Å². The molecule has 24 heavy (non-hydrogen) atoms. The van der Waals surface area contributed by atoms with Gasteiger partial charge in [-0.3, -0.25) is 4.90 Å². The molecule has 3 rings (SSSR count). The fraction of sp³-hybridized carbons (Fsp3) is 0.471. The smallest absolute Gasteiger partial charge is 0.152 e. The number of likely N-dealkylation sites (tertiary alicyclic amines) is 1. The average Bonchev–Trinajstić information content (AvgIpc) is 3.04. The minimum Gasteiger partial charge on any atom is -0.299 e. The Bertz CT molecular complexity index is 778. The van der Waals surface area contributed by atoms with Crippen LogP contribution in [0.25, 0.3) is 5.69 Å². The van der Waals surface area contributed by atoms with Crippen LogP contribution in [0.5, 0.6) is 0 Å². The number of aromatic nitrogens is 2. The first-order valence-electron chi connectivity index (χ1n) is 8.21. The fourth-order valence-electron chi connectivity index (χ4n) is 3.10. The van der Waals surface area contributed by atoms with Gasteiger partial charge in [0.25, 0.3) is 0 Å². The van der Waals surface area contributed by atoms with E-state index >= 15 is 0 Å². The molecule has 0 bridgehead atoms. The van der Waals surface area contributed by atoms with Crippen molar-refractivity contribution in [2.75, 3.05) is 18.8 Å². The van der Waals surface area contributed by atoms with Crippen molar-refractivity contribution in [2.45, 2.75) is 31.6 Å². The van der Waals surface area contributed by atoms with Gasteiger partial charge in [0.15, 0.2) is 9.84 Å². The van der Waals surface area contributed by atoms with Gasteiger partial charge >= 0.3 is 0 Å². The molecule has 0 spiro atoms. The van der Waals surface area contributed by atoms with Gasteiger partial charge in [-0.2, -0.15) is 5.10 Å². The number of rotatable bonds is 5. The highest BCUT2D eigenvalue weighted by Gasteiger charge is 2.28. The highest BCUT2D eigenvalue weighted by molar-refractivity contribution is 7.92. The van der Waals surface area contributed by atoms with Gasteiger partial charge < -0.3 is 0 Å². The third kappa shape index (κ3) is 3.84. The monoisotopic (exact) mass is 351 g/mol. The number of halogens is 1. The maximum Gasteiger partial charge on any atom is 0.152 e. The van der Waals surface area contributed by atoms with Crippen LogP contribution >= 0.6 is 0 Å². The Balaban J connectivity index is 1.59. The summed E-state index contributed by atoms with van der Waals surface area (Å²) in [6, 6.07) is 6.20. The number of hydrogen-bond acceptors (Lipinski definition) is 4. The van der Waals surface area contributed by atoms with Crippen molar-refractivity contribution in [3.05, 3.63) is 48.0 Å². The van der Waals surface area contributed by atoms with E-state index in [9.17, 15) is 12.8 Å². The van der Waals surface area contributed by atoms with Gasteiger partial charge in [-0.05, 0) is 50.2 Å². The van der Waals surface area contributed by atoms with E-state index < -0.39 is 9.84 Å². The molecule has 5 nitrogen and oxygen atoms in total. The molecule has 1 aliphatic rings. The van der Waals surface area contributed by atoms with Crippen LogP contribution in [-0.2, 0) is 16.4 Å². The predicted octanol–water partition coefficient (Wildman–Crippen LogP) is 2.41. The number of piperidine rings is 1. The van der Waals surface area contributed by atoms with Crippen LogP contribution in [0.15, 0.2) is 36.7 Å². The summed E-state index contributed by atoms with van der Waals surface area (Å²) in [6.07, 6.45) is 5.13. The molecule has 2 aromatic rings. The lowest BCUT2D eigenvalue weighted by Crippen LogP contribution is -2.39. The molecule has 1 aliphatic heterocycles. The second-order valence-electron chi connectivity index (χ2n) is 6.20. The molecule has 130 valence electrons. The highest BCUT2D eigenvalue weighted by Crippen LogP contribution is 2.20. The molecule has 2 heterocycles. The summed E-state index contributed by atoms with van der Waals surface area (Å²) in [7, 11) is -2.93. The largest absolute Gasteiger partial charge is 0.299 e. The first-order valence-corrected chi connectivity index (χ1v) is 9.93. The van der Waals surface area contributed by atoms with Gasteiger partial charge in [0.05, 0.1) is 17.1 Å². The molecule has 1 aromatic carbocycles. The molecule has 7 heteroatoms. The van der Waals surface area contributed by atoms with Crippen LogP contribution in [0.3, 0.4) is 0 Å². The molecule has 0 atom stereocenters. The second-order valence-corrected chi connectivity index (χ2v) is 8.77. The molecule has 0 unspecified atom stereocenters. The van der Waals surface area contributed by atoms with Crippen LogP contribution in [-0.4, -0.2) is 47.2 Å². The molecule has 1 fully saturated rings. The molecular weight excluding hydrogens is 329 g/mol. The van der Waals surface area contributed by atoms with Gasteiger partial charge in [-0.25, -0.2) is 17.5 Å². The van der Waals surface area contributed by atoms with Crippen molar-refractivity contribution in [3.63, 3.8) is 0 Å². The Morgan fingerprint density at radius 1 is 1.21 bits per heavy atom. The summed E-state index contributed by atoms with van der Waals surface area (Å²) >= 11 is 0. The third-order valence-corrected chi connectivity index (χ3v) is 6.87. The van der Waals surface area contributed by atoms with E-state index in [2.05, 4.69) is 10.00 Å². The zero-order valence-corrected chi connectivity index (χ0v) is 14.5. The van der Waals surface area contributed by atoms with Crippen LogP contribution in [0, 0.1) is 5.82 Å². The number of benzene rings is 1. The first kappa shape index (κ1) is 17.1. The molecular formula is C17H22FN3O2S. The Morgan fingerprint density at radius 3 is 2.50 bits per heavy atom. The van der Waals surface area contributed by atoms with Crippen molar-refractivity contribution in [1.82, 2.24) is 14.7 Å². The fourth-order valence-corrected chi connectivity index (χ4v) is 4.50. The first-order chi connectivity index (χ1) is 11.5. The molecule has 0 amide bonds. The molecule has 1 aromatic heterocycles. The third-order valence-electron chi connectivity index (χ3n) is 4.58.